The molecule has 0 aliphatic carbocycles. The molecule has 0 radical (unpaired) electrons. The highest BCUT2D eigenvalue weighted by Crippen LogP contribution is 2.31. The van der Waals surface area contributed by atoms with Crippen LogP contribution in [-0.2, 0) is 16.2 Å². The molecule has 10 heteroatoms. The zero-order valence-corrected chi connectivity index (χ0v) is 20.7. The molecule has 37 heavy (non-hydrogen) atoms. The molecule has 1 aliphatic heterocycles. The highest BCUT2D eigenvalue weighted by atomic mass is 32.1. The summed E-state index contributed by atoms with van der Waals surface area (Å²) in [4.78, 5) is 38.1. The summed E-state index contributed by atoms with van der Waals surface area (Å²) in [7, 11) is 3.01. The van der Waals surface area contributed by atoms with Crippen molar-refractivity contribution in [3.05, 3.63) is 89.0 Å². The molecule has 2 N–H and O–H groups in total. The second-order valence-electron chi connectivity index (χ2n) is 7.86. The van der Waals surface area contributed by atoms with Gasteiger partial charge in [-0.3, -0.25) is 19.8 Å². The number of amides is 2. The number of anilines is 1. The van der Waals surface area contributed by atoms with Crippen LogP contribution >= 0.6 is 12.2 Å². The Balaban J connectivity index is 1.55. The molecule has 0 bridgehead atoms. The van der Waals surface area contributed by atoms with E-state index >= 15 is 0 Å². The normalized spacial score (nSPS) is 14.4. The molecule has 1 saturated heterocycles. The fourth-order valence-electron chi connectivity index (χ4n) is 3.59. The Morgan fingerprint density at radius 2 is 1.68 bits per heavy atom. The number of thiocarbonyl (C=S) groups is 1. The Bertz CT molecular complexity index is 1400. The summed E-state index contributed by atoms with van der Waals surface area (Å²) in [5.41, 5.74) is 1.89. The second-order valence-corrected chi connectivity index (χ2v) is 8.24. The summed E-state index contributed by atoms with van der Waals surface area (Å²) in [6.07, 6.45) is 1.45. The number of hydrogen-bond acceptors (Lipinski definition) is 7. The van der Waals surface area contributed by atoms with Gasteiger partial charge in [-0.25, -0.2) is 4.79 Å². The van der Waals surface area contributed by atoms with Crippen molar-refractivity contribution in [1.29, 1.82) is 0 Å². The number of aromatic carboxylic acids is 1. The standard InChI is InChI=1S/C27H22N2O7S/c1-34-20-10-8-19(9-11-20)29-25(31)21(24(30)28-27(29)37)13-17-5-12-22(23(14-17)35-2)36-15-16-3-6-18(7-4-16)26(32)33/h3-14H,15H2,1-2H3,(H,32,33)(H,28,30,37)/b21-13-. The largest absolute Gasteiger partial charge is 0.497 e. The highest BCUT2D eigenvalue weighted by molar-refractivity contribution is 7.80. The molecule has 9 nitrogen and oxygen atoms in total. The summed E-state index contributed by atoms with van der Waals surface area (Å²) in [5, 5.41) is 11.6. The lowest BCUT2D eigenvalue weighted by atomic mass is 10.1. The van der Waals surface area contributed by atoms with Gasteiger partial charge in [0.05, 0.1) is 25.5 Å². The van der Waals surface area contributed by atoms with E-state index in [9.17, 15) is 14.4 Å². The molecule has 188 valence electrons. The third kappa shape index (κ3) is 5.60. The van der Waals surface area contributed by atoms with E-state index in [1.54, 1.807) is 54.6 Å². The van der Waals surface area contributed by atoms with E-state index in [0.717, 1.165) is 5.56 Å². The van der Waals surface area contributed by atoms with Crippen LogP contribution in [0.15, 0.2) is 72.3 Å². The Morgan fingerprint density at radius 1 is 0.973 bits per heavy atom. The van der Waals surface area contributed by atoms with Crippen LogP contribution in [0.25, 0.3) is 6.08 Å². The Hall–Kier alpha value is -4.70. The molecule has 0 saturated carbocycles. The predicted octanol–water partition coefficient (Wildman–Crippen LogP) is 3.81. The van der Waals surface area contributed by atoms with Crippen LogP contribution in [-0.4, -0.2) is 42.2 Å². The first-order chi connectivity index (χ1) is 17.8. The first kappa shape index (κ1) is 25.4. The van der Waals surface area contributed by atoms with Crippen molar-refractivity contribution in [3.63, 3.8) is 0 Å². The minimum absolute atomic E-state index is 0.0185. The zero-order valence-electron chi connectivity index (χ0n) is 19.9. The number of nitrogens with one attached hydrogen (secondary N) is 1. The average molecular weight is 519 g/mol. The van der Waals surface area contributed by atoms with Gasteiger partial charge in [-0.05, 0) is 78.0 Å². The molecule has 1 fully saturated rings. The zero-order chi connectivity index (χ0) is 26.5. The Labute approximate surface area is 217 Å². The van der Waals surface area contributed by atoms with Crippen LogP contribution in [0.1, 0.15) is 21.5 Å². The van der Waals surface area contributed by atoms with Crippen molar-refractivity contribution in [2.24, 2.45) is 0 Å². The van der Waals surface area contributed by atoms with Gasteiger partial charge in [-0.15, -0.1) is 0 Å². The number of carbonyl (C=O) groups is 3. The molecule has 0 unspecified atom stereocenters. The van der Waals surface area contributed by atoms with Gasteiger partial charge in [-0.2, -0.15) is 0 Å². The van der Waals surface area contributed by atoms with Crippen molar-refractivity contribution in [2.45, 2.75) is 6.61 Å². The number of benzene rings is 3. The van der Waals surface area contributed by atoms with E-state index < -0.39 is 17.8 Å². The number of nitrogens with zero attached hydrogens (tertiary/aromatic N) is 1. The third-order valence-electron chi connectivity index (χ3n) is 5.53. The molecule has 0 atom stereocenters. The van der Waals surface area contributed by atoms with Gasteiger partial charge in [0.25, 0.3) is 11.8 Å². The maximum atomic E-state index is 13.2. The smallest absolute Gasteiger partial charge is 0.335 e. The SMILES string of the molecule is COc1ccc(N2C(=O)/C(=C\c3ccc(OCc4ccc(C(=O)O)cc4)c(OC)c3)C(=O)NC2=S)cc1. The van der Waals surface area contributed by atoms with Crippen LogP contribution in [0.3, 0.4) is 0 Å². The number of methoxy groups -OCH3 is 2. The van der Waals surface area contributed by atoms with Gasteiger partial charge >= 0.3 is 5.97 Å². The van der Waals surface area contributed by atoms with Gasteiger partial charge in [-0.1, -0.05) is 18.2 Å². The number of rotatable bonds is 8. The molecule has 3 aromatic rings. The molecule has 0 aromatic heterocycles. The lowest BCUT2D eigenvalue weighted by molar-refractivity contribution is -0.122. The van der Waals surface area contributed by atoms with E-state index in [1.807, 2.05) is 0 Å². The maximum absolute atomic E-state index is 13.2. The molecule has 3 aromatic carbocycles. The van der Waals surface area contributed by atoms with Crippen molar-refractivity contribution in [3.8, 4) is 17.2 Å². The minimum atomic E-state index is -1.00. The summed E-state index contributed by atoms with van der Waals surface area (Å²) < 4.78 is 16.4. The molecule has 0 spiro atoms. The van der Waals surface area contributed by atoms with Crippen molar-refractivity contribution in [2.75, 3.05) is 19.1 Å². The van der Waals surface area contributed by atoms with E-state index in [4.69, 9.17) is 31.5 Å². The highest BCUT2D eigenvalue weighted by Gasteiger charge is 2.34. The maximum Gasteiger partial charge on any atom is 0.335 e. The van der Waals surface area contributed by atoms with Crippen molar-refractivity contribution < 1.29 is 33.7 Å². The molecular formula is C27H22N2O7S. The quantitative estimate of drug-likeness (QED) is 0.263. The van der Waals surface area contributed by atoms with Crippen molar-refractivity contribution >= 4 is 46.9 Å². The third-order valence-corrected chi connectivity index (χ3v) is 5.81. The van der Waals surface area contributed by atoms with E-state index in [1.165, 1.54) is 37.3 Å². The monoisotopic (exact) mass is 518 g/mol. The number of ether oxygens (including phenoxy) is 3. The summed E-state index contributed by atoms with van der Waals surface area (Å²) in [5.74, 6) is -0.731. The molecular weight excluding hydrogens is 496 g/mol. The Morgan fingerprint density at radius 3 is 2.30 bits per heavy atom. The lowest BCUT2D eigenvalue weighted by Gasteiger charge is -2.29. The fraction of sp³-hybridized carbons (Fsp3) is 0.111. The van der Waals surface area contributed by atoms with E-state index in [-0.39, 0.29) is 22.9 Å². The van der Waals surface area contributed by atoms with Crippen LogP contribution in [0.5, 0.6) is 17.2 Å². The predicted molar refractivity (Wildman–Crippen MR) is 140 cm³/mol. The van der Waals surface area contributed by atoms with Crippen LogP contribution in [0.2, 0.25) is 0 Å². The van der Waals surface area contributed by atoms with Gasteiger partial charge < -0.3 is 19.3 Å². The number of carboxylic acids is 1. The van der Waals surface area contributed by atoms with Gasteiger partial charge in [0.2, 0.25) is 0 Å². The minimum Gasteiger partial charge on any atom is -0.497 e. The van der Waals surface area contributed by atoms with Crippen LogP contribution < -0.4 is 24.4 Å². The lowest BCUT2D eigenvalue weighted by Crippen LogP contribution is -2.54. The van der Waals surface area contributed by atoms with Crippen LogP contribution in [0, 0.1) is 0 Å². The average Bonchev–Trinajstić information content (AvgIpc) is 2.90. The van der Waals surface area contributed by atoms with E-state index in [2.05, 4.69) is 5.32 Å². The summed E-state index contributed by atoms with van der Waals surface area (Å²) in [6, 6.07) is 18.0. The second kappa shape index (κ2) is 10.9. The van der Waals surface area contributed by atoms with Crippen LogP contribution in [0.4, 0.5) is 5.69 Å². The molecule has 1 aliphatic rings. The van der Waals surface area contributed by atoms with E-state index in [0.29, 0.717) is 28.5 Å². The number of carboxylic acid groups (broad SMARTS) is 1. The Kier molecular flexibility index (Phi) is 7.49. The van der Waals surface area contributed by atoms with Gasteiger partial charge in [0, 0.05) is 0 Å². The number of hydrogen-bond donors (Lipinski definition) is 2. The van der Waals surface area contributed by atoms with Crippen molar-refractivity contribution in [1.82, 2.24) is 5.32 Å². The summed E-state index contributed by atoms with van der Waals surface area (Å²) >= 11 is 5.24. The molecule has 4 rings (SSSR count). The van der Waals surface area contributed by atoms with Gasteiger partial charge in [0.15, 0.2) is 16.6 Å². The topological polar surface area (TPSA) is 114 Å². The summed E-state index contributed by atoms with van der Waals surface area (Å²) in [6.45, 7) is 0.186. The fourth-order valence-corrected chi connectivity index (χ4v) is 3.87. The molecule has 1 heterocycles. The first-order valence-electron chi connectivity index (χ1n) is 11.0. The first-order valence-corrected chi connectivity index (χ1v) is 11.4. The molecule has 2 amide bonds. The number of carbonyl (C=O) groups excluding carboxylic acids is 2. The van der Waals surface area contributed by atoms with Gasteiger partial charge in [0.1, 0.15) is 17.9 Å².